The van der Waals surface area contributed by atoms with Gasteiger partial charge < -0.3 is 5.32 Å². The Morgan fingerprint density at radius 3 is 2.71 bits per heavy atom. The van der Waals surface area contributed by atoms with Crippen LogP contribution in [0.1, 0.15) is 13.8 Å². The van der Waals surface area contributed by atoms with Gasteiger partial charge in [0.25, 0.3) is 0 Å². The number of carbonyl (C=O) groups is 1. The standard InChI is InChI=1S/C8H15N5O3S/c1-6(2)10-8(14)5-13-9-4-7(11-13)12-17(3,15)16/h4,6H,5H2,1-3H3,(H,10,14)(H,11,12). The van der Waals surface area contributed by atoms with Gasteiger partial charge in [0.2, 0.25) is 15.9 Å². The van der Waals surface area contributed by atoms with Crippen molar-refractivity contribution in [2.24, 2.45) is 0 Å². The summed E-state index contributed by atoms with van der Waals surface area (Å²) < 4.78 is 24.0. The molecule has 0 unspecified atom stereocenters. The maximum Gasteiger partial charge on any atom is 0.243 e. The van der Waals surface area contributed by atoms with Gasteiger partial charge in [0.05, 0.1) is 12.5 Å². The quantitative estimate of drug-likeness (QED) is 0.720. The molecule has 1 rings (SSSR count). The highest BCUT2D eigenvalue weighted by atomic mass is 32.2. The van der Waals surface area contributed by atoms with Crippen LogP contribution in [0.2, 0.25) is 0 Å². The van der Waals surface area contributed by atoms with Gasteiger partial charge in [-0.15, -0.1) is 5.10 Å². The molecular formula is C8H15N5O3S. The van der Waals surface area contributed by atoms with Crippen LogP contribution >= 0.6 is 0 Å². The van der Waals surface area contributed by atoms with E-state index in [0.717, 1.165) is 11.1 Å². The largest absolute Gasteiger partial charge is 0.352 e. The molecule has 9 heteroatoms. The van der Waals surface area contributed by atoms with Crippen LogP contribution in [-0.4, -0.2) is 41.6 Å². The molecule has 1 heterocycles. The van der Waals surface area contributed by atoms with E-state index in [2.05, 4.69) is 20.2 Å². The van der Waals surface area contributed by atoms with Crippen LogP contribution < -0.4 is 10.0 Å². The number of amides is 1. The Labute approximate surface area is 99.4 Å². The summed E-state index contributed by atoms with van der Waals surface area (Å²) in [6.45, 7) is 3.62. The Kier molecular flexibility index (Phi) is 4.05. The first-order valence-electron chi connectivity index (χ1n) is 4.93. The van der Waals surface area contributed by atoms with Crippen molar-refractivity contribution in [1.82, 2.24) is 20.3 Å². The lowest BCUT2D eigenvalue weighted by molar-refractivity contribution is -0.122. The molecule has 0 saturated heterocycles. The summed E-state index contributed by atoms with van der Waals surface area (Å²) >= 11 is 0. The highest BCUT2D eigenvalue weighted by molar-refractivity contribution is 7.92. The first kappa shape index (κ1) is 13.4. The molecule has 0 aromatic carbocycles. The SMILES string of the molecule is CC(C)NC(=O)Cn1ncc(NS(C)(=O)=O)n1. The molecule has 0 spiro atoms. The van der Waals surface area contributed by atoms with Crippen molar-refractivity contribution in [3.8, 4) is 0 Å². The third-order valence-electron chi connectivity index (χ3n) is 1.56. The Hall–Kier alpha value is -1.64. The van der Waals surface area contributed by atoms with Crippen LogP contribution in [0, 0.1) is 0 Å². The Morgan fingerprint density at radius 1 is 1.53 bits per heavy atom. The molecule has 1 amide bonds. The Bertz CT molecular complexity index is 493. The van der Waals surface area contributed by atoms with E-state index in [-0.39, 0.29) is 24.3 Å². The van der Waals surface area contributed by atoms with Crippen molar-refractivity contribution < 1.29 is 13.2 Å². The van der Waals surface area contributed by atoms with E-state index in [1.165, 1.54) is 6.20 Å². The minimum Gasteiger partial charge on any atom is -0.352 e. The average molecular weight is 261 g/mol. The molecule has 8 nitrogen and oxygen atoms in total. The number of nitrogens with one attached hydrogen (secondary N) is 2. The Balaban J connectivity index is 2.60. The van der Waals surface area contributed by atoms with Gasteiger partial charge in [-0.25, -0.2) is 8.42 Å². The summed E-state index contributed by atoms with van der Waals surface area (Å²) in [5, 5.41) is 10.2. The fourth-order valence-corrected chi connectivity index (χ4v) is 1.58. The highest BCUT2D eigenvalue weighted by Gasteiger charge is 2.09. The van der Waals surface area contributed by atoms with Crippen molar-refractivity contribution in [3.05, 3.63) is 6.20 Å². The topological polar surface area (TPSA) is 106 Å². The van der Waals surface area contributed by atoms with Gasteiger partial charge >= 0.3 is 0 Å². The van der Waals surface area contributed by atoms with Crippen molar-refractivity contribution in [2.75, 3.05) is 11.0 Å². The molecule has 0 atom stereocenters. The summed E-state index contributed by atoms with van der Waals surface area (Å²) in [6, 6.07) is 0.0340. The monoisotopic (exact) mass is 261 g/mol. The molecule has 0 aliphatic heterocycles. The fourth-order valence-electron chi connectivity index (χ4n) is 1.11. The molecule has 0 aliphatic carbocycles. The summed E-state index contributed by atoms with van der Waals surface area (Å²) in [6.07, 6.45) is 2.25. The molecule has 0 saturated carbocycles. The first-order valence-corrected chi connectivity index (χ1v) is 6.82. The maximum atomic E-state index is 11.4. The van der Waals surface area contributed by atoms with Gasteiger partial charge in [0, 0.05) is 6.04 Å². The first-order chi connectivity index (χ1) is 7.76. The third kappa shape index (κ3) is 5.29. The predicted molar refractivity (Wildman–Crippen MR) is 61.8 cm³/mol. The van der Waals surface area contributed by atoms with Crippen molar-refractivity contribution >= 4 is 21.7 Å². The number of carbonyl (C=O) groups excluding carboxylic acids is 1. The molecule has 2 N–H and O–H groups in total. The fraction of sp³-hybridized carbons (Fsp3) is 0.625. The van der Waals surface area contributed by atoms with Crippen LogP contribution in [-0.2, 0) is 21.4 Å². The second kappa shape index (κ2) is 5.13. The maximum absolute atomic E-state index is 11.4. The summed E-state index contributed by atoms with van der Waals surface area (Å²) in [5.41, 5.74) is 0. The van der Waals surface area contributed by atoms with Crippen LogP contribution in [0.4, 0.5) is 5.82 Å². The van der Waals surface area contributed by atoms with E-state index in [9.17, 15) is 13.2 Å². The minimum absolute atomic E-state index is 0.0340. The zero-order valence-corrected chi connectivity index (χ0v) is 10.7. The van der Waals surface area contributed by atoms with E-state index in [4.69, 9.17) is 0 Å². The summed E-state index contributed by atoms with van der Waals surface area (Å²) in [5.74, 6) is -0.147. The number of sulfonamides is 1. The van der Waals surface area contributed by atoms with Crippen molar-refractivity contribution in [1.29, 1.82) is 0 Å². The number of hydrogen-bond donors (Lipinski definition) is 2. The second-order valence-electron chi connectivity index (χ2n) is 3.86. The molecule has 1 aromatic rings. The van der Waals surface area contributed by atoms with E-state index in [1.807, 2.05) is 13.8 Å². The Morgan fingerprint density at radius 2 is 2.18 bits per heavy atom. The predicted octanol–water partition coefficient (Wildman–Crippen LogP) is -0.826. The average Bonchev–Trinajstić information content (AvgIpc) is 2.46. The zero-order chi connectivity index (χ0) is 13.1. The van der Waals surface area contributed by atoms with E-state index >= 15 is 0 Å². The molecule has 17 heavy (non-hydrogen) atoms. The van der Waals surface area contributed by atoms with Gasteiger partial charge in [-0.2, -0.15) is 9.90 Å². The molecule has 0 fully saturated rings. The zero-order valence-electron chi connectivity index (χ0n) is 9.84. The van der Waals surface area contributed by atoms with Crippen LogP contribution in [0.15, 0.2) is 6.20 Å². The van der Waals surface area contributed by atoms with E-state index in [1.54, 1.807) is 0 Å². The molecule has 0 aliphatic rings. The molecule has 96 valence electrons. The highest BCUT2D eigenvalue weighted by Crippen LogP contribution is 2.00. The van der Waals surface area contributed by atoms with Crippen LogP contribution in [0.5, 0.6) is 0 Å². The van der Waals surface area contributed by atoms with E-state index < -0.39 is 10.0 Å². The normalized spacial score (nSPS) is 11.5. The van der Waals surface area contributed by atoms with Crippen LogP contribution in [0.25, 0.3) is 0 Å². The molecule has 0 bridgehead atoms. The number of rotatable bonds is 5. The van der Waals surface area contributed by atoms with Crippen LogP contribution in [0.3, 0.4) is 0 Å². The van der Waals surface area contributed by atoms with Gasteiger partial charge in [0.1, 0.15) is 6.54 Å². The molecule has 0 radical (unpaired) electrons. The lowest BCUT2D eigenvalue weighted by atomic mass is 10.4. The van der Waals surface area contributed by atoms with Crippen molar-refractivity contribution in [3.63, 3.8) is 0 Å². The minimum atomic E-state index is -3.38. The summed E-state index contributed by atoms with van der Waals surface area (Å²) in [7, 11) is -3.38. The smallest absolute Gasteiger partial charge is 0.243 e. The second-order valence-corrected chi connectivity index (χ2v) is 5.61. The van der Waals surface area contributed by atoms with Crippen molar-refractivity contribution in [2.45, 2.75) is 26.4 Å². The number of hydrogen-bond acceptors (Lipinski definition) is 5. The number of aromatic nitrogens is 3. The molecular weight excluding hydrogens is 246 g/mol. The lowest BCUT2D eigenvalue weighted by Crippen LogP contribution is -2.33. The third-order valence-corrected chi connectivity index (χ3v) is 2.14. The lowest BCUT2D eigenvalue weighted by Gasteiger charge is -2.06. The van der Waals surface area contributed by atoms with Gasteiger partial charge in [-0.05, 0) is 13.8 Å². The van der Waals surface area contributed by atoms with E-state index in [0.29, 0.717) is 0 Å². The number of nitrogens with zero attached hydrogens (tertiary/aromatic N) is 3. The van der Waals surface area contributed by atoms with Gasteiger partial charge in [-0.3, -0.25) is 9.52 Å². The van der Waals surface area contributed by atoms with Gasteiger partial charge in [0.15, 0.2) is 5.82 Å². The number of anilines is 1. The summed E-state index contributed by atoms with van der Waals surface area (Å²) in [4.78, 5) is 12.5. The van der Waals surface area contributed by atoms with Gasteiger partial charge in [-0.1, -0.05) is 0 Å². The molecule has 1 aromatic heterocycles.